The number of nitrogens with one attached hydrogen (secondary N) is 1. The van der Waals surface area contributed by atoms with Crippen molar-refractivity contribution in [3.63, 3.8) is 0 Å². The van der Waals surface area contributed by atoms with E-state index in [1.54, 1.807) is 12.1 Å². The van der Waals surface area contributed by atoms with E-state index in [2.05, 4.69) is 5.32 Å². The number of hydrogen-bond donors (Lipinski definition) is 1. The molecule has 2 aromatic carbocycles. The fraction of sp³-hybridized carbons (Fsp3) is 0.133. The van der Waals surface area contributed by atoms with Gasteiger partial charge in [0.2, 0.25) is 0 Å². The van der Waals surface area contributed by atoms with Crippen molar-refractivity contribution in [1.29, 1.82) is 0 Å². The third-order valence-electron chi connectivity index (χ3n) is 2.59. The maximum Gasteiger partial charge on any atom is 0.413 e. The Morgan fingerprint density at radius 3 is 2.17 bits per heavy atom. The molecule has 0 aliphatic rings. The minimum Gasteiger partial charge on any atom is -0.410 e. The van der Waals surface area contributed by atoms with Crippen molar-refractivity contribution in [3.8, 4) is 5.75 Å². The van der Waals surface area contributed by atoms with Crippen LogP contribution in [0, 0.1) is 0 Å². The summed E-state index contributed by atoms with van der Waals surface area (Å²) in [5.41, 5.74) is 1.04. The maximum absolute atomic E-state index is 11.7. The molecule has 1 N–H and O–H groups in total. The second kappa shape index (κ2) is 5.87. The van der Waals surface area contributed by atoms with Crippen LogP contribution >= 0.6 is 0 Å². The number of benzene rings is 2. The van der Waals surface area contributed by atoms with Gasteiger partial charge in [0.25, 0.3) is 0 Å². The van der Waals surface area contributed by atoms with Crippen molar-refractivity contribution in [3.05, 3.63) is 66.2 Å². The van der Waals surface area contributed by atoms with Gasteiger partial charge < -0.3 is 10.1 Å². The van der Waals surface area contributed by atoms with Gasteiger partial charge in [0.1, 0.15) is 5.75 Å². The molecule has 1 amide bonds. The fourth-order valence-electron chi connectivity index (χ4n) is 1.63. The van der Waals surface area contributed by atoms with Crippen LogP contribution in [0.4, 0.5) is 4.79 Å². The Morgan fingerprint density at radius 1 is 1.00 bits per heavy atom. The van der Waals surface area contributed by atoms with Crippen LogP contribution in [0.3, 0.4) is 0 Å². The third kappa shape index (κ3) is 3.35. The van der Waals surface area contributed by atoms with Crippen LogP contribution in [0.1, 0.15) is 18.5 Å². The predicted octanol–water partition coefficient (Wildman–Crippen LogP) is 3.54. The van der Waals surface area contributed by atoms with Crippen LogP contribution < -0.4 is 10.1 Å². The van der Waals surface area contributed by atoms with E-state index in [1.807, 2.05) is 55.5 Å². The highest BCUT2D eigenvalue weighted by Crippen LogP contribution is 2.13. The van der Waals surface area contributed by atoms with Gasteiger partial charge in [-0.2, -0.15) is 0 Å². The zero-order chi connectivity index (χ0) is 12.8. The van der Waals surface area contributed by atoms with Crippen LogP contribution in [-0.4, -0.2) is 6.09 Å². The molecule has 3 nitrogen and oxygen atoms in total. The van der Waals surface area contributed by atoms with Crippen LogP contribution in [0.15, 0.2) is 60.7 Å². The number of rotatable bonds is 3. The number of carbonyl (C=O) groups excluding carboxylic acids is 1. The van der Waals surface area contributed by atoms with Crippen molar-refractivity contribution in [2.75, 3.05) is 0 Å². The molecule has 0 aliphatic heterocycles. The van der Waals surface area contributed by atoms with Gasteiger partial charge in [-0.15, -0.1) is 0 Å². The topological polar surface area (TPSA) is 38.3 Å². The number of ether oxygens (including phenoxy) is 1. The highest BCUT2D eigenvalue weighted by atomic mass is 16.6. The van der Waals surface area contributed by atoms with Gasteiger partial charge in [-0.1, -0.05) is 48.5 Å². The summed E-state index contributed by atoms with van der Waals surface area (Å²) in [6.45, 7) is 1.92. The lowest BCUT2D eigenvalue weighted by Gasteiger charge is -2.14. The molecule has 0 saturated heterocycles. The van der Waals surface area contributed by atoms with E-state index in [4.69, 9.17) is 4.74 Å². The lowest BCUT2D eigenvalue weighted by atomic mass is 10.1. The first-order chi connectivity index (χ1) is 8.75. The summed E-state index contributed by atoms with van der Waals surface area (Å²) < 4.78 is 5.16. The first kappa shape index (κ1) is 12.2. The fourth-order valence-corrected chi connectivity index (χ4v) is 1.63. The Kier molecular flexibility index (Phi) is 3.97. The Morgan fingerprint density at radius 2 is 1.56 bits per heavy atom. The van der Waals surface area contributed by atoms with Crippen molar-refractivity contribution in [2.45, 2.75) is 13.0 Å². The molecule has 0 bridgehead atoms. The Bertz CT molecular complexity index is 496. The van der Waals surface area contributed by atoms with Gasteiger partial charge >= 0.3 is 6.09 Å². The van der Waals surface area contributed by atoms with Crippen molar-refractivity contribution in [1.82, 2.24) is 5.32 Å². The molecule has 0 spiro atoms. The summed E-state index contributed by atoms with van der Waals surface area (Å²) in [6, 6.07) is 18.7. The molecule has 0 saturated carbocycles. The molecule has 1 atom stereocenters. The molecule has 0 heterocycles. The van der Waals surface area contributed by atoms with Crippen molar-refractivity contribution >= 4 is 6.09 Å². The highest BCUT2D eigenvalue weighted by Gasteiger charge is 2.10. The summed E-state index contributed by atoms with van der Waals surface area (Å²) in [7, 11) is 0. The van der Waals surface area contributed by atoms with Gasteiger partial charge in [-0.3, -0.25) is 0 Å². The summed E-state index contributed by atoms with van der Waals surface area (Å²) in [4.78, 5) is 11.7. The van der Waals surface area contributed by atoms with Crippen LogP contribution in [-0.2, 0) is 0 Å². The van der Waals surface area contributed by atoms with Gasteiger partial charge in [0.15, 0.2) is 0 Å². The molecular weight excluding hydrogens is 226 g/mol. The number of hydrogen-bond acceptors (Lipinski definition) is 2. The molecule has 92 valence electrons. The Balaban J connectivity index is 1.92. The van der Waals surface area contributed by atoms with Crippen LogP contribution in [0.25, 0.3) is 0 Å². The molecule has 2 aromatic rings. The Labute approximate surface area is 106 Å². The van der Waals surface area contributed by atoms with Gasteiger partial charge in [0, 0.05) is 0 Å². The van der Waals surface area contributed by atoms with Crippen LogP contribution in [0.5, 0.6) is 5.75 Å². The first-order valence-electron chi connectivity index (χ1n) is 5.84. The maximum atomic E-state index is 11.7. The number of carbonyl (C=O) groups is 1. The molecule has 2 rings (SSSR count). The van der Waals surface area contributed by atoms with E-state index in [0.29, 0.717) is 5.75 Å². The van der Waals surface area contributed by atoms with E-state index < -0.39 is 6.09 Å². The zero-order valence-electron chi connectivity index (χ0n) is 10.2. The second-order valence-corrected chi connectivity index (χ2v) is 3.98. The van der Waals surface area contributed by atoms with Crippen molar-refractivity contribution < 1.29 is 9.53 Å². The standard InChI is InChI=1S/C15H15NO2/c1-12(13-8-4-2-5-9-13)16-15(17)18-14-10-6-3-7-11-14/h2-12H,1H3,(H,16,17). The predicted molar refractivity (Wildman–Crippen MR) is 70.5 cm³/mol. The summed E-state index contributed by atoms with van der Waals surface area (Å²) >= 11 is 0. The Hall–Kier alpha value is -2.29. The molecule has 0 aromatic heterocycles. The largest absolute Gasteiger partial charge is 0.413 e. The lowest BCUT2D eigenvalue weighted by molar-refractivity contribution is 0.197. The smallest absolute Gasteiger partial charge is 0.410 e. The average molecular weight is 241 g/mol. The molecule has 18 heavy (non-hydrogen) atoms. The van der Waals surface area contributed by atoms with Gasteiger partial charge in [0.05, 0.1) is 6.04 Å². The quantitative estimate of drug-likeness (QED) is 0.892. The van der Waals surface area contributed by atoms with Gasteiger partial charge in [-0.25, -0.2) is 4.79 Å². The first-order valence-corrected chi connectivity index (χ1v) is 5.84. The second-order valence-electron chi connectivity index (χ2n) is 3.98. The van der Waals surface area contributed by atoms with E-state index in [-0.39, 0.29) is 6.04 Å². The molecular formula is C15H15NO2. The summed E-state index contributed by atoms with van der Waals surface area (Å²) in [5, 5.41) is 2.78. The molecule has 0 aliphatic carbocycles. The summed E-state index contributed by atoms with van der Waals surface area (Å²) in [6.07, 6.45) is -0.447. The van der Waals surface area contributed by atoms with E-state index in [1.165, 1.54) is 0 Å². The molecule has 0 radical (unpaired) electrons. The van der Waals surface area contributed by atoms with Crippen LogP contribution in [0.2, 0.25) is 0 Å². The molecule has 3 heteroatoms. The van der Waals surface area contributed by atoms with E-state index in [0.717, 1.165) is 5.56 Å². The SMILES string of the molecule is CC(NC(=O)Oc1ccccc1)c1ccccc1. The normalized spacial score (nSPS) is 11.6. The lowest BCUT2D eigenvalue weighted by Crippen LogP contribution is -2.29. The number of para-hydroxylation sites is 1. The highest BCUT2D eigenvalue weighted by molar-refractivity contribution is 5.70. The zero-order valence-corrected chi connectivity index (χ0v) is 10.2. The molecule has 1 unspecified atom stereocenters. The summed E-state index contributed by atoms with van der Waals surface area (Å²) in [5.74, 6) is 0.537. The monoisotopic (exact) mass is 241 g/mol. The number of amides is 1. The average Bonchev–Trinajstić information content (AvgIpc) is 2.40. The minimum absolute atomic E-state index is 0.0811. The van der Waals surface area contributed by atoms with E-state index in [9.17, 15) is 4.79 Å². The van der Waals surface area contributed by atoms with Crippen molar-refractivity contribution in [2.24, 2.45) is 0 Å². The third-order valence-corrected chi connectivity index (χ3v) is 2.59. The van der Waals surface area contributed by atoms with Gasteiger partial charge in [-0.05, 0) is 24.6 Å². The van der Waals surface area contributed by atoms with E-state index >= 15 is 0 Å². The molecule has 0 fully saturated rings. The minimum atomic E-state index is -0.447.